The third kappa shape index (κ3) is 4.20. The number of aromatic nitrogens is 4. The molecule has 27 heavy (non-hydrogen) atoms. The number of ether oxygens (including phenoxy) is 1. The van der Waals surface area contributed by atoms with Crippen molar-refractivity contribution in [1.82, 2.24) is 20.0 Å². The lowest BCUT2D eigenvalue weighted by molar-refractivity contribution is 0.102. The van der Waals surface area contributed by atoms with Gasteiger partial charge in [0.1, 0.15) is 17.5 Å². The fourth-order valence-corrected chi connectivity index (χ4v) is 3.05. The van der Waals surface area contributed by atoms with Crippen LogP contribution in [0.5, 0.6) is 5.75 Å². The van der Waals surface area contributed by atoms with Crippen molar-refractivity contribution < 1.29 is 9.53 Å². The molecule has 1 aromatic carbocycles. The van der Waals surface area contributed by atoms with E-state index >= 15 is 0 Å². The topological polar surface area (TPSA) is 99.0 Å². The van der Waals surface area contributed by atoms with Crippen LogP contribution in [0.4, 0.5) is 5.13 Å². The molecule has 0 aliphatic rings. The second-order valence-electron chi connectivity index (χ2n) is 6.04. The molecule has 0 aliphatic heterocycles. The Balaban J connectivity index is 1.70. The number of nitrogens with zero attached hydrogens (tertiary/aromatic N) is 4. The maximum Gasteiger partial charge on any atom is 0.277 e. The Kier molecular flexibility index (Phi) is 5.31. The van der Waals surface area contributed by atoms with Crippen molar-refractivity contribution in [2.45, 2.75) is 26.9 Å². The lowest BCUT2D eigenvalue weighted by Crippen LogP contribution is -2.23. The van der Waals surface area contributed by atoms with E-state index in [2.05, 4.69) is 20.6 Å². The Bertz CT molecular complexity index is 1040. The largest absolute Gasteiger partial charge is 0.483 e. The van der Waals surface area contributed by atoms with E-state index in [4.69, 9.17) is 4.74 Å². The summed E-state index contributed by atoms with van der Waals surface area (Å²) in [6, 6.07) is 8.53. The minimum atomic E-state index is -0.462. The third-order valence-corrected chi connectivity index (χ3v) is 5.06. The summed E-state index contributed by atoms with van der Waals surface area (Å²) in [7, 11) is 1.48. The maximum absolute atomic E-state index is 12.2. The number of hydrogen-bond donors (Lipinski definition) is 1. The van der Waals surface area contributed by atoms with E-state index in [1.54, 1.807) is 0 Å². The van der Waals surface area contributed by atoms with Gasteiger partial charge >= 0.3 is 0 Å². The highest BCUT2D eigenvalue weighted by Gasteiger charge is 2.17. The number of carbonyl (C=O) groups excluding carboxylic acids is 1. The summed E-state index contributed by atoms with van der Waals surface area (Å²) in [5, 5.41) is 15.6. The monoisotopic (exact) mass is 385 g/mol. The van der Waals surface area contributed by atoms with Crippen molar-refractivity contribution >= 4 is 22.4 Å². The van der Waals surface area contributed by atoms with E-state index in [1.807, 2.05) is 39.0 Å². The molecule has 2 aromatic heterocycles. The van der Waals surface area contributed by atoms with Crippen molar-refractivity contribution in [1.29, 1.82) is 0 Å². The molecule has 3 aromatic rings. The SMILES string of the molecule is Cc1cccc(O[C@@H](C)c2nnc(NC(=O)c3ccc(=O)n(C)n3)s2)c1C. The fraction of sp³-hybridized carbons (Fsp3) is 0.278. The van der Waals surface area contributed by atoms with E-state index in [0.29, 0.717) is 10.1 Å². The summed E-state index contributed by atoms with van der Waals surface area (Å²) < 4.78 is 7.09. The standard InChI is InChI=1S/C18H19N5O3S/c1-10-6-5-7-14(11(10)2)26-12(3)17-20-21-18(27-17)19-16(25)13-8-9-15(24)23(4)22-13/h5-9,12H,1-4H3,(H,19,21,25)/t12-/m0/s1. The van der Waals surface area contributed by atoms with Crippen LogP contribution in [0.15, 0.2) is 35.1 Å². The summed E-state index contributed by atoms with van der Waals surface area (Å²) in [6.07, 6.45) is -0.315. The van der Waals surface area contributed by atoms with E-state index in [0.717, 1.165) is 21.6 Å². The second-order valence-corrected chi connectivity index (χ2v) is 7.05. The molecule has 9 heteroatoms. The van der Waals surface area contributed by atoms with Gasteiger partial charge in [0, 0.05) is 13.1 Å². The zero-order valence-corrected chi connectivity index (χ0v) is 16.2. The van der Waals surface area contributed by atoms with Gasteiger partial charge in [-0.3, -0.25) is 14.9 Å². The zero-order chi connectivity index (χ0) is 19.6. The Morgan fingerprint density at radius 3 is 2.74 bits per heavy atom. The van der Waals surface area contributed by atoms with Gasteiger partial charge in [0.05, 0.1) is 0 Å². The van der Waals surface area contributed by atoms with Gasteiger partial charge in [0.2, 0.25) is 5.13 Å². The van der Waals surface area contributed by atoms with Crippen LogP contribution in [-0.4, -0.2) is 25.9 Å². The average molecular weight is 385 g/mol. The smallest absolute Gasteiger partial charge is 0.277 e. The minimum absolute atomic E-state index is 0.119. The summed E-state index contributed by atoms with van der Waals surface area (Å²) in [6.45, 7) is 5.91. The highest BCUT2D eigenvalue weighted by molar-refractivity contribution is 7.15. The number of carbonyl (C=O) groups is 1. The molecule has 0 saturated carbocycles. The van der Waals surface area contributed by atoms with Gasteiger partial charge in [-0.2, -0.15) is 5.10 Å². The van der Waals surface area contributed by atoms with E-state index < -0.39 is 5.91 Å². The maximum atomic E-state index is 12.2. The summed E-state index contributed by atoms with van der Waals surface area (Å²) >= 11 is 1.23. The molecular weight excluding hydrogens is 366 g/mol. The number of benzene rings is 1. The second kappa shape index (κ2) is 7.67. The Morgan fingerprint density at radius 1 is 1.22 bits per heavy atom. The summed E-state index contributed by atoms with van der Waals surface area (Å²) in [4.78, 5) is 23.6. The van der Waals surface area contributed by atoms with E-state index in [-0.39, 0.29) is 17.4 Å². The third-order valence-electron chi connectivity index (χ3n) is 4.06. The van der Waals surface area contributed by atoms with Gasteiger partial charge in [-0.25, -0.2) is 4.68 Å². The highest BCUT2D eigenvalue weighted by Crippen LogP contribution is 2.29. The molecule has 0 fully saturated rings. The molecular formula is C18H19N5O3S. The van der Waals surface area contributed by atoms with Crippen LogP contribution in [0.3, 0.4) is 0 Å². The Hall–Kier alpha value is -3.07. The quantitative estimate of drug-likeness (QED) is 0.725. The van der Waals surface area contributed by atoms with Crippen LogP contribution in [0.1, 0.15) is 39.7 Å². The fourth-order valence-electron chi connectivity index (χ4n) is 2.33. The summed E-state index contributed by atoms with van der Waals surface area (Å²) in [5.74, 6) is 0.328. The normalized spacial score (nSPS) is 11.9. The molecule has 0 saturated heterocycles. The average Bonchev–Trinajstić information content (AvgIpc) is 3.10. The van der Waals surface area contributed by atoms with Crippen molar-refractivity contribution in [3.8, 4) is 5.75 Å². The lowest BCUT2D eigenvalue weighted by atomic mass is 10.1. The molecule has 0 spiro atoms. The Morgan fingerprint density at radius 2 is 2.00 bits per heavy atom. The van der Waals surface area contributed by atoms with Crippen LogP contribution in [0.2, 0.25) is 0 Å². The molecule has 0 aliphatic carbocycles. The van der Waals surface area contributed by atoms with Gasteiger partial charge < -0.3 is 4.74 Å². The molecule has 1 amide bonds. The molecule has 3 rings (SSSR count). The predicted molar refractivity (Wildman–Crippen MR) is 102 cm³/mol. The lowest BCUT2D eigenvalue weighted by Gasteiger charge is -2.14. The molecule has 2 heterocycles. The predicted octanol–water partition coefficient (Wildman–Crippen LogP) is 2.64. The summed E-state index contributed by atoms with van der Waals surface area (Å²) in [5.41, 5.74) is 2.05. The van der Waals surface area contributed by atoms with Crippen molar-refractivity contribution in [2.24, 2.45) is 7.05 Å². The number of rotatable bonds is 5. The van der Waals surface area contributed by atoms with Crippen molar-refractivity contribution in [2.75, 3.05) is 5.32 Å². The highest BCUT2D eigenvalue weighted by atomic mass is 32.1. The molecule has 0 radical (unpaired) electrons. The van der Waals surface area contributed by atoms with Gasteiger partial charge in [0.25, 0.3) is 11.5 Å². The van der Waals surface area contributed by atoms with Gasteiger partial charge in [-0.05, 0) is 44.0 Å². The van der Waals surface area contributed by atoms with Gasteiger partial charge in [0.15, 0.2) is 5.01 Å². The van der Waals surface area contributed by atoms with Crippen molar-refractivity contribution in [3.63, 3.8) is 0 Å². The number of aryl methyl sites for hydroxylation is 2. The van der Waals surface area contributed by atoms with E-state index in [1.165, 1.54) is 30.5 Å². The van der Waals surface area contributed by atoms with Gasteiger partial charge in [-0.1, -0.05) is 23.5 Å². The zero-order valence-electron chi connectivity index (χ0n) is 15.4. The van der Waals surface area contributed by atoms with Gasteiger partial charge in [-0.15, -0.1) is 10.2 Å². The molecule has 0 unspecified atom stereocenters. The van der Waals surface area contributed by atoms with Crippen molar-refractivity contribution in [3.05, 3.63) is 62.5 Å². The molecule has 8 nitrogen and oxygen atoms in total. The first kappa shape index (κ1) is 18.7. The van der Waals surface area contributed by atoms with Crippen LogP contribution in [-0.2, 0) is 7.05 Å². The molecule has 1 atom stereocenters. The first-order valence-corrected chi connectivity index (χ1v) is 9.09. The Labute approximate surface area is 159 Å². The molecule has 1 N–H and O–H groups in total. The van der Waals surface area contributed by atoms with Crippen LogP contribution in [0.25, 0.3) is 0 Å². The number of anilines is 1. The van der Waals surface area contributed by atoms with Crippen LogP contribution < -0.4 is 15.6 Å². The first-order chi connectivity index (χ1) is 12.8. The molecule has 0 bridgehead atoms. The van der Waals surface area contributed by atoms with Crippen LogP contribution in [0, 0.1) is 13.8 Å². The first-order valence-electron chi connectivity index (χ1n) is 8.27. The number of amides is 1. The van der Waals surface area contributed by atoms with E-state index in [9.17, 15) is 9.59 Å². The molecule has 140 valence electrons. The number of hydrogen-bond acceptors (Lipinski definition) is 7. The van der Waals surface area contributed by atoms with Crippen LogP contribution >= 0.6 is 11.3 Å². The number of nitrogens with one attached hydrogen (secondary N) is 1. The minimum Gasteiger partial charge on any atom is -0.483 e.